The van der Waals surface area contributed by atoms with Crippen LogP contribution in [-0.4, -0.2) is 40.1 Å². The second kappa shape index (κ2) is 5.91. The first kappa shape index (κ1) is 13.5. The minimum atomic E-state index is 0.0833. The summed E-state index contributed by atoms with van der Waals surface area (Å²) in [5.74, 6) is 1.71. The van der Waals surface area contributed by atoms with Crippen molar-refractivity contribution in [3.05, 3.63) is 11.7 Å². The van der Waals surface area contributed by atoms with E-state index < -0.39 is 0 Å². The first-order valence-electron chi connectivity index (χ1n) is 7.42. The van der Waals surface area contributed by atoms with Gasteiger partial charge in [-0.05, 0) is 32.6 Å². The van der Waals surface area contributed by atoms with Crippen LogP contribution in [0.1, 0.15) is 43.8 Å². The first-order chi connectivity index (χ1) is 9.72. The molecule has 1 amide bonds. The molecule has 0 bridgehead atoms. The Balaban J connectivity index is 1.48. The van der Waals surface area contributed by atoms with E-state index in [-0.39, 0.29) is 12.0 Å². The highest BCUT2D eigenvalue weighted by Gasteiger charge is 2.32. The van der Waals surface area contributed by atoms with Gasteiger partial charge in [-0.1, -0.05) is 11.6 Å². The molecule has 0 N–H and O–H groups in total. The number of carbonyl (C=O) groups excluding carboxylic acids is 1. The number of nitrogens with zero attached hydrogens (tertiary/aromatic N) is 3. The Morgan fingerprint density at radius 1 is 1.40 bits per heavy atom. The predicted octanol–water partition coefficient (Wildman–Crippen LogP) is 1.69. The van der Waals surface area contributed by atoms with Crippen LogP contribution >= 0.6 is 0 Å². The van der Waals surface area contributed by atoms with Crippen molar-refractivity contribution in [1.82, 2.24) is 15.0 Å². The number of carbonyl (C=O) groups is 1. The van der Waals surface area contributed by atoms with Gasteiger partial charge < -0.3 is 14.2 Å². The standard InChI is InChI=1S/C14H21N3O3/c1-10-15-13(20-16-10)9-19-12-6-3-7-17(8-12)14(18)11-4-2-5-11/h11-12H,2-9H2,1H3. The molecule has 1 saturated carbocycles. The molecule has 1 aromatic heterocycles. The largest absolute Gasteiger partial charge is 0.367 e. The van der Waals surface area contributed by atoms with Crippen LogP contribution in [0.15, 0.2) is 4.52 Å². The maximum atomic E-state index is 12.2. The fraction of sp³-hybridized carbons (Fsp3) is 0.786. The fourth-order valence-electron chi connectivity index (χ4n) is 2.78. The Hall–Kier alpha value is -1.43. The summed E-state index contributed by atoms with van der Waals surface area (Å²) in [6, 6.07) is 0. The summed E-state index contributed by atoms with van der Waals surface area (Å²) in [5, 5.41) is 3.73. The van der Waals surface area contributed by atoms with Gasteiger partial charge in [-0.2, -0.15) is 4.98 Å². The van der Waals surface area contributed by atoms with Crippen molar-refractivity contribution < 1.29 is 14.1 Å². The Morgan fingerprint density at radius 2 is 2.25 bits per heavy atom. The van der Waals surface area contributed by atoms with Gasteiger partial charge in [-0.25, -0.2) is 0 Å². The van der Waals surface area contributed by atoms with E-state index in [1.807, 2.05) is 4.90 Å². The normalized spacial score (nSPS) is 23.6. The summed E-state index contributed by atoms with van der Waals surface area (Å²) in [4.78, 5) is 18.3. The number of piperidine rings is 1. The van der Waals surface area contributed by atoms with Gasteiger partial charge >= 0.3 is 0 Å². The number of hydrogen-bond donors (Lipinski definition) is 0. The molecule has 6 heteroatoms. The summed E-state index contributed by atoms with van der Waals surface area (Å²) < 4.78 is 10.8. The molecule has 2 aliphatic rings. The molecule has 0 radical (unpaired) electrons. The van der Waals surface area contributed by atoms with E-state index >= 15 is 0 Å². The van der Waals surface area contributed by atoms with Gasteiger partial charge in [0.1, 0.15) is 6.61 Å². The highest BCUT2D eigenvalue weighted by molar-refractivity contribution is 5.79. The van der Waals surface area contributed by atoms with Crippen LogP contribution in [0.3, 0.4) is 0 Å². The van der Waals surface area contributed by atoms with Crippen molar-refractivity contribution in [3.63, 3.8) is 0 Å². The van der Waals surface area contributed by atoms with E-state index in [0.717, 1.165) is 32.2 Å². The van der Waals surface area contributed by atoms with Crippen LogP contribution in [0, 0.1) is 12.8 Å². The molecule has 110 valence electrons. The quantitative estimate of drug-likeness (QED) is 0.839. The van der Waals surface area contributed by atoms with E-state index in [1.54, 1.807) is 6.92 Å². The Labute approximate surface area is 118 Å². The summed E-state index contributed by atoms with van der Waals surface area (Å²) in [6.07, 6.45) is 5.39. The molecule has 6 nitrogen and oxygen atoms in total. The lowest BCUT2D eigenvalue weighted by Crippen LogP contribution is -2.46. The van der Waals surface area contributed by atoms with Crippen molar-refractivity contribution >= 4 is 5.91 Å². The molecule has 1 aromatic rings. The van der Waals surface area contributed by atoms with Gasteiger partial charge in [-0.3, -0.25) is 4.79 Å². The third-order valence-electron chi connectivity index (χ3n) is 4.16. The highest BCUT2D eigenvalue weighted by atomic mass is 16.5. The molecule has 20 heavy (non-hydrogen) atoms. The molecule has 0 aromatic carbocycles. The number of rotatable bonds is 4. The van der Waals surface area contributed by atoms with Crippen molar-refractivity contribution in [2.45, 2.75) is 51.7 Å². The lowest BCUT2D eigenvalue weighted by molar-refractivity contribution is -0.142. The Morgan fingerprint density at radius 3 is 2.90 bits per heavy atom. The van der Waals surface area contributed by atoms with E-state index in [4.69, 9.17) is 9.26 Å². The smallest absolute Gasteiger partial charge is 0.252 e. The van der Waals surface area contributed by atoms with Gasteiger partial charge in [0.2, 0.25) is 5.91 Å². The minimum Gasteiger partial charge on any atom is -0.367 e. The van der Waals surface area contributed by atoms with Crippen molar-refractivity contribution in [2.75, 3.05) is 13.1 Å². The van der Waals surface area contributed by atoms with Crippen LogP contribution in [-0.2, 0) is 16.1 Å². The van der Waals surface area contributed by atoms with Gasteiger partial charge in [0.25, 0.3) is 5.89 Å². The van der Waals surface area contributed by atoms with E-state index in [1.165, 1.54) is 6.42 Å². The fourth-order valence-corrected chi connectivity index (χ4v) is 2.78. The third-order valence-corrected chi connectivity index (χ3v) is 4.16. The summed E-state index contributed by atoms with van der Waals surface area (Å²) in [7, 11) is 0. The maximum absolute atomic E-state index is 12.2. The van der Waals surface area contributed by atoms with Crippen molar-refractivity contribution in [3.8, 4) is 0 Å². The van der Waals surface area contributed by atoms with Crippen molar-refractivity contribution in [2.24, 2.45) is 5.92 Å². The number of aromatic nitrogens is 2. The van der Waals surface area contributed by atoms with Crippen LogP contribution in [0.25, 0.3) is 0 Å². The van der Waals surface area contributed by atoms with Gasteiger partial charge in [0.05, 0.1) is 6.10 Å². The highest BCUT2D eigenvalue weighted by Crippen LogP contribution is 2.29. The average Bonchev–Trinajstić information content (AvgIpc) is 2.80. The van der Waals surface area contributed by atoms with Crippen LogP contribution in [0.4, 0.5) is 0 Å². The lowest BCUT2D eigenvalue weighted by atomic mass is 9.84. The zero-order valence-corrected chi connectivity index (χ0v) is 11.9. The molecule has 2 heterocycles. The molecule has 2 fully saturated rings. The molecule has 1 saturated heterocycles. The molecular formula is C14H21N3O3. The predicted molar refractivity (Wildman–Crippen MR) is 70.8 cm³/mol. The van der Waals surface area contributed by atoms with Gasteiger partial charge in [0, 0.05) is 19.0 Å². The zero-order chi connectivity index (χ0) is 13.9. The lowest BCUT2D eigenvalue weighted by Gasteiger charge is -2.36. The summed E-state index contributed by atoms with van der Waals surface area (Å²) >= 11 is 0. The van der Waals surface area contributed by atoms with Gasteiger partial charge in [0.15, 0.2) is 5.82 Å². The molecular weight excluding hydrogens is 258 g/mol. The zero-order valence-electron chi connectivity index (χ0n) is 11.9. The van der Waals surface area contributed by atoms with Crippen LogP contribution in [0.5, 0.6) is 0 Å². The first-order valence-corrected chi connectivity index (χ1v) is 7.42. The van der Waals surface area contributed by atoms with Crippen LogP contribution in [0.2, 0.25) is 0 Å². The van der Waals surface area contributed by atoms with Crippen molar-refractivity contribution in [1.29, 1.82) is 0 Å². The number of hydrogen-bond acceptors (Lipinski definition) is 5. The maximum Gasteiger partial charge on any atom is 0.252 e. The number of ether oxygens (including phenoxy) is 1. The summed E-state index contributed by atoms with van der Waals surface area (Å²) in [6.45, 7) is 3.68. The second-order valence-electron chi connectivity index (χ2n) is 5.72. The SMILES string of the molecule is Cc1noc(COC2CCCN(C(=O)C3CCC3)C2)n1. The molecule has 1 aliphatic heterocycles. The molecule has 0 spiro atoms. The van der Waals surface area contributed by atoms with E-state index in [0.29, 0.717) is 30.8 Å². The number of amides is 1. The number of aryl methyl sites for hydroxylation is 1. The van der Waals surface area contributed by atoms with E-state index in [9.17, 15) is 4.79 Å². The molecule has 1 atom stereocenters. The Kier molecular flexibility index (Phi) is 4.00. The topological polar surface area (TPSA) is 68.5 Å². The number of likely N-dealkylation sites (tertiary alicyclic amines) is 1. The molecule has 1 unspecified atom stereocenters. The average molecular weight is 279 g/mol. The van der Waals surface area contributed by atoms with Crippen LogP contribution < -0.4 is 0 Å². The third kappa shape index (κ3) is 3.00. The molecule has 1 aliphatic carbocycles. The van der Waals surface area contributed by atoms with E-state index in [2.05, 4.69) is 10.1 Å². The molecule has 3 rings (SSSR count). The minimum absolute atomic E-state index is 0.0833. The summed E-state index contributed by atoms with van der Waals surface area (Å²) in [5.41, 5.74) is 0. The van der Waals surface area contributed by atoms with Gasteiger partial charge in [-0.15, -0.1) is 0 Å². The second-order valence-corrected chi connectivity index (χ2v) is 5.72. The monoisotopic (exact) mass is 279 g/mol. The Bertz CT molecular complexity index is 470.